The summed E-state index contributed by atoms with van der Waals surface area (Å²) in [6.07, 6.45) is 3.25. The van der Waals surface area contributed by atoms with Gasteiger partial charge in [-0.15, -0.1) is 0 Å². The summed E-state index contributed by atoms with van der Waals surface area (Å²) in [4.78, 5) is 16.9. The lowest BCUT2D eigenvalue weighted by Crippen LogP contribution is -1.96. The lowest BCUT2D eigenvalue weighted by Gasteiger charge is -2.07. The number of nitrogens with zero attached hydrogens (tertiary/aromatic N) is 1. The van der Waals surface area contributed by atoms with Crippen molar-refractivity contribution in [1.82, 2.24) is 4.98 Å². The van der Waals surface area contributed by atoms with Gasteiger partial charge in [-0.05, 0) is 60.7 Å². The van der Waals surface area contributed by atoms with Crippen LogP contribution in [0.25, 0.3) is 17.2 Å². The molecule has 0 spiro atoms. The number of anilines is 2. The number of ether oxygens (including phenoxy) is 2. The maximum Gasteiger partial charge on any atom is 0.300 e. The van der Waals surface area contributed by atoms with Crippen LogP contribution < -0.4 is 14.8 Å². The van der Waals surface area contributed by atoms with E-state index in [-0.39, 0.29) is 5.78 Å². The number of para-hydroxylation sites is 2. The van der Waals surface area contributed by atoms with Crippen molar-refractivity contribution in [3.8, 4) is 11.5 Å². The van der Waals surface area contributed by atoms with E-state index in [9.17, 15) is 4.79 Å². The fraction of sp³-hybridized carbons (Fsp3) is 0.0833. The van der Waals surface area contributed by atoms with Gasteiger partial charge in [-0.2, -0.15) is 4.98 Å². The van der Waals surface area contributed by atoms with Gasteiger partial charge in [0, 0.05) is 22.9 Å². The minimum Gasteiger partial charge on any atom is -0.497 e. The standard InChI is InChI=1S/C24H20N2O4/c1-28-19-13-9-17(23(15-19)29-2)10-14-21(27)16-7-11-18(12-8-16)25-24-26-20-5-3-4-6-22(20)30-24/h3-15H,1-2H3,(H,25,26)/b14-10+. The second-order valence-electron chi connectivity index (χ2n) is 6.49. The molecule has 0 radical (unpaired) electrons. The lowest BCUT2D eigenvalue weighted by atomic mass is 10.1. The molecule has 30 heavy (non-hydrogen) atoms. The van der Waals surface area contributed by atoms with Crippen LogP contribution in [0.15, 0.2) is 77.2 Å². The molecule has 0 amide bonds. The molecule has 0 aliphatic carbocycles. The summed E-state index contributed by atoms with van der Waals surface area (Å²) in [6, 6.07) is 20.5. The van der Waals surface area contributed by atoms with Gasteiger partial charge in [-0.1, -0.05) is 12.1 Å². The number of oxazole rings is 1. The van der Waals surface area contributed by atoms with Crippen molar-refractivity contribution in [3.05, 3.63) is 83.9 Å². The molecule has 4 rings (SSSR count). The summed E-state index contributed by atoms with van der Waals surface area (Å²) in [7, 11) is 3.17. The first-order chi connectivity index (χ1) is 14.7. The van der Waals surface area contributed by atoms with E-state index in [4.69, 9.17) is 13.9 Å². The fourth-order valence-corrected chi connectivity index (χ4v) is 2.98. The third kappa shape index (κ3) is 4.17. The van der Waals surface area contributed by atoms with Crippen LogP contribution in [-0.4, -0.2) is 25.0 Å². The van der Waals surface area contributed by atoms with Crippen LogP contribution in [0.2, 0.25) is 0 Å². The van der Waals surface area contributed by atoms with Gasteiger partial charge in [0.1, 0.15) is 17.0 Å². The quantitative estimate of drug-likeness (QED) is 0.327. The monoisotopic (exact) mass is 400 g/mol. The Morgan fingerprint density at radius 1 is 1.00 bits per heavy atom. The average molecular weight is 400 g/mol. The molecular formula is C24H20N2O4. The second-order valence-corrected chi connectivity index (χ2v) is 6.49. The minimum atomic E-state index is -0.110. The maximum atomic E-state index is 12.5. The largest absolute Gasteiger partial charge is 0.497 e. The van der Waals surface area contributed by atoms with Crippen LogP contribution in [0.1, 0.15) is 15.9 Å². The van der Waals surface area contributed by atoms with Crippen molar-refractivity contribution in [2.45, 2.75) is 0 Å². The zero-order chi connectivity index (χ0) is 20.9. The van der Waals surface area contributed by atoms with Crippen LogP contribution in [0, 0.1) is 0 Å². The number of aromatic nitrogens is 1. The predicted octanol–water partition coefficient (Wildman–Crippen LogP) is 5.48. The fourth-order valence-electron chi connectivity index (χ4n) is 2.98. The molecule has 0 bridgehead atoms. The maximum absolute atomic E-state index is 12.5. The molecule has 0 unspecified atom stereocenters. The molecule has 6 nitrogen and oxygen atoms in total. The Labute approximate surface area is 173 Å². The molecule has 0 saturated heterocycles. The smallest absolute Gasteiger partial charge is 0.300 e. The molecule has 1 N–H and O–H groups in total. The second kappa shape index (κ2) is 8.53. The van der Waals surface area contributed by atoms with E-state index in [0.717, 1.165) is 16.8 Å². The Balaban J connectivity index is 1.45. The van der Waals surface area contributed by atoms with Gasteiger partial charge < -0.3 is 19.2 Å². The normalized spacial score (nSPS) is 11.0. The summed E-state index contributed by atoms with van der Waals surface area (Å²) < 4.78 is 16.2. The van der Waals surface area contributed by atoms with Crippen LogP contribution in [-0.2, 0) is 0 Å². The van der Waals surface area contributed by atoms with Gasteiger partial charge in [0.25, 0.3) is 6.01 Å². The highest BCUT2D eigenvalue weighted by atomic mass is 16.5. The Kier molecular flexibility index (Phi) is 5.48. The van der Waals surface area contributed by atoms with Gasteiger partial charge >= 0.3 is 0 Å². The summed E-state index contributed by atoms with van der Waals surface area (Å²) in [5.74, 6) is 1.22. The number of methoxy groups -OCH3 is 2. The van der Waals surface area contributed by atoms with Crippen LogP contribution in [0.4, 0.5) is 11.7 Å². The highest BCUT2D eigenvalue weighted by Crippen LogP contribution is 2.26. The van der Waals surface area contributed by atoms with Gasteiger partial charge in [-0.25, -0.2) is 0 Å². The summed E-state index contributed by atoms with van der Waals surface area (Å²) in [5.41, 5.74) is 3.64. The number of ketones is 1. The highest BCUT2D eigenvalue weighted by Gasteiger charge is 2.07. The topological polar surface area (TPSA) is 73.6 Å². The number of hydrogen-bond donors (Lipinski definition) is 1. The van der Waals surface area contributed by atoms with Crippen LogP contribution >= 0.6 is 0 Å². The molecule has 4 aromatic rings. The predicted molar refractivity (Wildman–Crippen MR) is 117 cm³/mol. The number of benzene rings is 3. The molecular weight excluding hydrogens is 380 g/mol. The van der Waals surface area contributed by atoms with E-state index in [2.05, 4.69) is 10.3 Å². The molecule has 150 valence electrons. The number of hydrogen-bond acceptors (Lipinski definition) is 6. The molecule has 6 heteroatoms. The van der Waals surface area contributed by atoms with E-state index < -0.39 is 0 Å². The van der Waals surface area contributed by atoms with Crippen molar-refractivity contribution in [2.24, 2.45) is 0 Å². The summed E-state index contributed by atoms with van der Waals surface area (Å²) >= 11 is 0. The first kappa shape index (κ1) is 19.3. The van der Waals surface area contributed by atoms with Crippen molar-refractivity contribution >= 4 is 34.7 Å². The van der Waals surface area contributed by atoms with Gasteiger partial charge in [0.15, 0.2) is 11.4 Å². The van der Waals surface area contributed by atoms with Gasteiger partial charge in [-0.3, -0.25) is 4.79 Å². The number of fused-ring (bicyclic) bond motifs is 1. The number of carbonyl (C=O) groups is 1. The third-order valence-electron chi connectivity index (χ3n) is 4.57. The molecule has 1 aromatic heterocycles. The Morgan fingerprint density at radius 3 is 2.53 bits per heavy atom. The lowest BCUT2D eigenvalue weighted by molar-refractivity contribution is 0.104. The van der Waals surface area contributed by atoms with E-state index in [1.165, 1.54) is 6.08 Å². The first-order valence-electron chi connectivity index (χ1n) is 9.33. The number of rotatable bonds is 7. The van der Waals surface area contributed by atoms with Crippen molar-refractivity contribution in [2.75, 3.05) is 19.5 Å². The van der Waals surface area contributed by atoms with E-state index >= 15 is 0 Å². The Hall–Kier alpha value is -4.06. The van der Waals surface area contributed by atoms with Crippen molar-refractivity contribution in [1.29, 1.82) is 0 Å². The van der Waals surface area contributed by atoms with Crippen LogP contribution in [0.3, 0.4) is 0 Å². The average Bonchev–Trinajstić information content (AvgIpc) is 3.20. The first-order valence-corrected chi connectivity index (χ1v) is 9.33. The summed E-state index contributed by atoms with van der Waals surface area (Å²) in [6.45, 7) is 0. The molecule has 0 fully saturated rings. The van der Waals surface area contributed by atoms with Crippen molar-refractivity contribution < 1.29 is 18.7 Å². The molecule has 3 aromatic carbocycles. The number of carbonyl (C=O) groups excluding carboxylic acids is 1. The Morgan fingerprint density at radius 2 is 1.80 bits per heavy atom. The molecule has 0 atom stereocenters. The zero-order valence-corrected chi connectivity index (χ0v) is 16.6. The van der Waals surface area contributed by atoms with Crippen molar-refractivity contribution in [3.63, 3.8) is 0 Å². The SMILES string of the molecule is COc1ccc(/C=C/C(=O)c2ccc(Nc3nc4ccccc4o3)cc2)c(OC)c1. The third-order valence-corrected chi connectivity index (χ3v) is 4.57. The minimum absolute atomic E-state index is 0.110. The molecule has 0 aliphatic heterocycles. The van der Waals surface area contributed by atoms with E-state index in [1.54, 1.807) is 38.5 Å². The highest BCUT2D eigenvalue weighted by molar-refractivity contribution is 6.07. The molecule has 0 saturated carbocycles. The molecule has 1 heterocycles. The number of nitrogens with one attached hydrogen (secondary N) is 1. The summed E-state index contributed by atoms with van der Waals surface area (Å²) in [5, 5.41) is 3.11. The van der Waals surface area contributed by atoms with Gasteiger partial charge in [0.2, 0.25) is 0 Å². The Bertz CT molecular complexity index is 1180. The zero-order valence-electron chi connectivity index (χ0n) is 16.6. The van der Waals surface area contributed by atoms with E-state index in [0.29, 0.717) is 28.7 Å². The van der Waals surface area contributed by atoms with Gasteiger partial charge in [0.05, 0.1) is 14.2 Å². The van der Waals surface area contributed by atoms with Crippen LogP contribution in [0.5, 0.6) is 11.5 Å². The number of allylic oxidation sites excluding steroid dienone is 1. The van der Waals surface area contributed by atoms with E-state index in [1.807, 2.05) is 48.5 Å². The molecule has 0 aliphatic rings.